The van der Waals surface area contributed by atoms with Gasteiger partial charge in [0.15, 0.2) is 11.9 Å². The summed E-state index contributed by atoms with van der Waals surface area (Å²) in [5.41, 5.74) is 8.31. The van der Waals surface area contributed by atoms with Gasteiger partial charge in [-0.25, -0.2) is 9.07 Å². The molecule has 1 aliphatic carbocycles. The van der Waals surface area contributed by atoms with Crippen molar-refractivity contribution < 1.29 is 32.8 Å². The Morgan fingerprint density at radius 2 is 1.82 bits per heavy atom. The Labute approximate surface area is 259 Å². The zero-order valence-electron chi connectivity index (χ0n) is 27.2. The maximum atomic E-state index is 15.5. The molecule has 240 valence electrons. The number of hydrogen-bond acceptors (Lipinski definition) is 6. The molecule has 2 aliphatic rings. The number of aryl methyl sites for hydroxylation is 1. The molecule has 2 amide bonds. The minimum absolute atomic E-state index is 0.0479. The van der Waals surface area contributed by atoms with E-state index in [1.165, 1.54) is 13.0 Å². The van der Waals surface area contributed by atoms with Gasteiger partial charge in [-0.1, -0.05) is 20.8 Å². The van der Waals surface area contributed by atoms with Gasteiger partial charge in [0.1, 0.15) is 12.4 Å². The number of benzene rings is 1. The van der Waals surface area contributed by atoms with Crippen LogP contribution in [0.5, 0.6) is 0 Å². The van der Waals surface area contributed by atoms with Crippen molar-refractivity contribution in [2.45, 2.75) is 78.7 Å². The summed E-state index contributed by atoms with van der Waals surface area (Å²) in [5.74, 6) is -1.88. The molecule has 2 aromatic rings. The Morgan fingerprint density at radius 3 is 2.39 bits per heavy atom. The Bertz CT molecular complexity index is 1450. The van der Waals surface area contributed by atoms with E-state index >= 15 is 4.39 Å². The van der Waals surface area contributed by atoms with Crippen molar-refractivity contribution in [3.05, 3.63) is 46.0 Å². The monoisotopic (exact) mass is 612 g/mol. The van der Waals surface area contributed by atoms with Crippen LogP contribution in [-0.4, -0.2) is 89.6 Å². The number of hydrogen-bond donors (Lipinski definition) is 1. The average Bonchev–Trinajstić information content (AvgIpc) is 3.25. The number of aromatic nitrogens is 2. The molecule has 1 aromatic carbocycles. The van der Waals surface area contributed by atoms with Crippen molar-refractivity contribution in [3.8, 4) is 5.69 Å². The molecule has 0 radical (unpaired) electrons. The maximum absolute atomic E-state index is 15.5. The molecule has 1 fully saturated rings. The van der Waals surface area contributed by atoms with E-state index in [-0.39, 0.29) is 35.0 Å². The maximum Gasteiger partial charge on any atom is 0.303 e. The van der Waals surface area contributed by atoms with E-state index in [2.05, 4.69) is 0 Å². The first kappa shape index (κ1) is 33.3. The molecule has 44 heavy (non-hydrogen) atoms. The van der Waals surface area contributed by atoms with E-state index < -0.39 is 23.8 Å². The largest absolute Gasteiger partial charge is 0.456 e. The summed E-state index contributed by atoms with van der Waals surface area (Å²) >= 11 is 0. The van der Waals surface area contributed by atoms with Crippen LogP contribution in [0.4, 0.5) is 4.39 Å². The van der Waals surface area contributed by atoms with Gasteiger partial charge in [0, 0.05) is 32.5 Å². The van der Waals surface area contributed by atoms with E-state index in [0.29, 0.717) is 85.2 Å². The number of carbonyl (C=O) groups excluding carboxylic acids is 4. The summed E-state index contributed by atoms with van der Waals surface area (Å²) in [4.78, 5) is 52.0. The van der Waals surface area contributed by atoms with Gasteiger partial charge < -0.3 is 19.9 Å². The van der Waals surface area contributed by atoms with Gasteiger partial charge in [-0.15, -0.1) is 0 Å². The highest BCUT2D eigenvalue weighted by atomic mass is 19.1. The molecule has 2 N–H and O–H groups in total. The number of fused-ring (bicyclic) bond motifs is 1. The summed E-state index contributed by atoms with van der Waals surface area (Å²) in [5, 5.41) is 4.73. The summed E-state index contributed by atoms with van der Waals surface area (Å²) in [6.07, 6.45) is 2.99. The first-order valence-corrected chi connectivity index (χ1v) is 15.5. The summed E-state index contributed by atoms with van der Waals surface area (Å²) in [7, 11) is 5.94. The average molecular weight is 613 g/mol. The smallest absolute Gasteiger partial charge is 0.303 e. The molecule has 1 atom stereocenters. The van der Waals surface area contributed by atoms with Crippen LogP contribution < -0.4 is 5.73 Å². The standard InChI is InChI=1S/C33H46FN5O5/c1-8-26-31-27(17-33(3,4)18-28(31)41)38(36-26)23-14-22(30(32(35)43)25(34)15-23)13-21-9-11-37(12-10-21)29(42)16-24(44-20(2)40)19-39(5,6)7/h14-15,21,24H,8-13,16-19H2,1-7H3,(H-,35,43)/p+1. The second kappa shape index (κ2) is 12.8. The zero-order valence-corrected chi connectivity index (χ0v) is 27.2. The van der Waals surface area contributed by atoms with Crippen molar-refractivity contribution in [3.63, 3.8) is 0 Å². The number of amides is 2. The van der Waals surface area contributed by atoms with Gasteiger partial charge in [-0.3, -0.25) is 19.2 Å². The predicted molar refractivity (Wildman–Crippen MR) is 164 cm³/mol. The number of piperidine rings is 1. The summed E-state index contributed by atoms with van der Waals surface area (Å²) < 4.78 is 23.2. The van der Waals surface area contributed by atoms with Gasteiger partial charge in [0.2, 0.25) is 5.91 Å². The number of carbonyl (C=O) groups is 4. The Kier molecular flexibility index (Phi) is 9.68. The number of esters is 1. The van der Waals surface area contributed by atoms with Gasteiger partial charge in [-0.2, -0.15) is 5.10 Å². The number of nitrogens with zero attached hydrogens (tertiary/aromatic N) is 4. The second-order valence-corrected chi connectivity index (χ2v) is 14.2. The van der Waals surface area contributed by atoms with E-state index in [4.69, 9.17) is 15.6 Å². The Morgan fingerprint density at radius 1 is 1.16 bits per heavy atom. The molecule has 0 bridgehead atoms. The minimum Gasteiger partial charge on any atom is -0.456 e. The topological polar surface area (TPSA) is 125 Å². The molecule has 1 aromatic heterocycles. The van der Waals surface area contributed by atoms with Crippen LogP contribution in [-0.2, 0) is 33.6 Å². The third-order valence-corrected chi connectivity index (χ3v) is 8.56. The number of likely N-dealkylation sites (tertiary alicyclic amines) is 1. The molecule has 11 heteroatoms. The van der Waals surface area contributed by atoms with Crippen LogP contribution in [0.3, 0.4) is 0 Å². The zero-order chi connectivity index (χ0) is 32.6. The van der Waals surface area contributed by atoms with Crippen molar-refractivity contribution in [2.75, 3.05) is 40.8 Å². The van der Waals surface area contributed by atoms with E-state index in [1.807, 2.05) is 41.9 Å². The fraction of sp³-hybridized carbons (Fsp3) is 0.606. The van der Waals surface area contributed by atoms with Crippen LogP contribution in [0.25, 0.3) is 5.69 Å². The summed E-state index contributed by atoms with van der Waals surface area (Å²) in [6.45, 7) is 8.91. The third kappa shape index (κ3) is 7.72. The van der Waals surface area contributed by atoms with Crippen LogP contribution >= 0.6 is 0 Å². The first-order valence-electron chi connectivity index (χ1n) is 15.5. The van der Waals surface area contributed by atoms with Crippen molar-refractivity contribution in [2.24, 2.45) is 17.1 Å². The predicted octanol–water partition coefficient (Wildman–Crippen LogP) is 3.64. The number of likely N-dealkylation sites (N-methyl/N-ethyl adjacent to an activating group) is 1. The molecule has 10 nitrogen and oxygen atoms in total. The van der Waals surface area contributed by atoms with Gasteiger partial charge in [0.25, 0.3) is 5.91 Å². The lowest BCUT2D eigenvalue weighted by Gasteiger charge is -2.34. The van der Waals surface area contributed by atoms with Gasteiger partial charge in [-0.05, 0) is 55.1 Å². The number of primary amides is 1. The number of halogens is 1. The van der Waals surface area contributed by atoms with Gasteiger partial charge >= 0.3 is 5.97 Å². The lowest BCUT2D eigenvalue weighted by Crippen LogP contribution is -2.46. The van der Waals surface area contributed by atoms with Crippen LogP contribution in [0, 0.1) is 17.2 Å². The van der Waals surface area contributed by atoms with Gasteiger partial charge in [0.05, 0.1) is 55.8 Å². The normalized spacial score (nSPS) is 17.7. The summed E-state index contributed by atoms with van der Waals surface area (Å²) in [6, 6.07) is 3.05. The van der Waals surface area contributed by atoms with Crippen molar-refractivity contribution >= 4 is 23.6 Å². The Balaban J connectivity index is 1.54. The lowest BCUT2D eigenvalue weighted by molar-refractivity contribution is -0.873. The first-order chi connectivity index (χ1) is 20.5. The molecule has 2 heterocycles. The third-order valence-electron chi connectivity index (χ3n) is 8.56. The molecular formula is C33H47FN5O5+. The van der Waals surface area contributed by atoms with Crippen LogP contribution in [0.2, 0.25) is 0 Å². The van der Waals surface area contributed by atoms with Crippen molar-refractivity contribution in [1.82, 2.24) is 14.7 Å². The molecule has 1 saturated heterocycles. The Hall–Kier alpha value is -3.60. The number of quaternary nitrogens is 1. The fourth-order valence-electron chi connectivity index (χ4n) is 6.71. The molecule has 1 aliphatic heterocycles. The number of Topliss-reactive ketones (excluding diaryl/α,β-unsaturated/α-hetero) is 1. The molecular weight excluding hydrogens is 565 g/mol. The highest BCUT2D eigenvalue weighted by molar-refractivity contribution is 6.00. The highest BCUT2D eigenvalue weighted by Crippen LogP contribution is 2.38. The van der Waals surface area contributed by atoms with E-state index in [9.17, 15) is 19.2 Å². The molecule has 0 spiro atoms. The van der Waals surface area contributed by atoms with Crippen LogP contribution in [0.1, 0.15) is 91.0 Å². The lowest BCUT2D eigenvalue weighted by atomic mass is 9.75. The fourth-order valence-corrected chi connectivity index (χ4v) is 6.71. The van der Waals surface area contributed by atoms with Crippen molar-refractivity contribution in [1.29, 1.82) is 0 Å². The van der Waals surface area contributed by atoms with E-state index in [0.717, 1.165) is 5.69 Å². The number of rotatable bonds is 10. The van der Waals surface area contributed by atoms with Crippen LogP contribution in [0.15, 0.2) is 12.1 Å². The molecule has 4 rings (SSSR count). The quantitative estimate of drug-likeness (QED) is 0.323. The molecule has 0 saturated carbocycles. The number of nitrogens with two attached hydrogens (primary N) is 1. The number of ether oxygens (including phenoxy) is 1. The second-order valence-electron chi connectivity index (χ2n) is 14.2. The number of ketones is 1. The SMILES string of the molecule is CCc1nn(-c2cc(F)c(C(N)=O)c(CC3CCN(C(=O)CC(C[N+](C)(C)C)OC(C)=O)CC3)c2)c2c1C(=O)CC(C)(C)C2. The minimum atomic E-state index is -0.835. The van der Waals surface area contributed by atoms with E-state index in [1.54, 1.807) is 15.6 Å². The highest BCUT2D eigenvalue weighted by Gasteiger charge is 2.37. The molecule has 1 unspecified atom stereocenters.